The molecule has 0 N–H and O–H groups in total. The molecular formula is C20H28N2O4S. The van der Waals surface area contributed by atoms with Crippen molar-refractivity contribution in [2.45, 2.75) is 31.3 Å². The van der Waals surface area contributed by atoms with Gasteiger partial charge in [-0.05, 0) is 49.8 Å². The van der Waals surface area contributed by atoms with Crippen molar-refractivity contribution < 1.29 is 19.1 Å². The average molecular weight is 393 g/mol. The van der Waals surface area contributed by atoms with Crippen LogP contribution in [0.5, 0.6) is 5.75 Å². The number of esters is 1. The van der Waals surface area contributed by atoms with Crippen molar-refractivity contribution in [3.8, 4) is 5.75 Å². The lowest BCUT2D eigenvalue weighted by Gasteiger charge is -2.26. The number of benzene rings is 1. The number of thioether (sulfide) groups is 1. The van der Waals surface area contributed by atoms with Crippen LogP contribution in [0, 0.1) is 0 Å². The molecule has 0 aliphatic carbocycles. The van der Waals surface area contributed by atoms with E-state index < -0.39 is 0 Å². The molecule has 2 fully saturated rings. The predicted octanol–water partition coefficient (Wildman–Crippen LogP) is 2.34. The first-order valence-corrected chi connectivity index (χ1v) is 10.6. The molecule has 0 bridgehead atoms. The molecular weight excluding hydrogens is 364 g/mol. The third-order valence-electron chi connectivity index (χ3n) is 5.32. The van der Waals surface area contributed by atoms with Crippen LogP contribution in [-0.4, -0.2) is 73.1 Å². The fourth-order valence-electron chi connectivity index (χ4n) is 3.73. The monoisotopic (exact) mass is 392 g/mol. The maximum Gasteiger partial charge on any atom is 0.320 e. The lowest BCUT2D eigenvalue weighted by Crippen LogP contribution is -2.38. The molecule has 148 valence electrons. The molecule has 1 amide bonds. The quantitative estimate of drug-likeness (QED) is 0.664. The maximum absolute atomic E-state index is 12.6. The summed E-state index contributed by atoms with van der Waals surface area (Å²) in [6.45, 7) is 0.738. The largest absolute Gasteiger partial charge is 0.497 e. The molecule has 0 saturated carbocycles. The van der Waals surface area contributed by atoms with Crippen molar-refractivity contribution in [2.24, 2.45) is 0 Å². The van der Waals surface area contributed by atoms with Crippen molar-refractivity contribution in [3.63, 3.8) is 0 Å². The topological polar surface area (TPSA) is 59.1 Å². The smallest absolute Gasteiger partial charge is 0.320 e. The van der Waals surface area contributed by atoms with Crippen LogP contribution in [0.4, 0.5) is 0 Å². The van der Waals surface area contributed by atoms with Gasteiger partial charge in [0, 0.05) is 18.3 Å². The summed E-state index contributed by atoms with van der Waals surface area (Å²) >= 11 is 1.91. The van der Waals surface area contributed by atoms with E-state index in [0.29, 0.717) is 12.6 Å². The summed E-state index contributed by atoms with van der Waals surface area (Å²) in [5.74, 6) is 2.51. The molecule has 2 saturated heterocycles. The van der Waals surface area contributed by atoms with Gasteiger partial charge in [-0.25, -0.2) is 0 Å². The van der Waals surface area contributed by atoms with E-state index in [1.807, 2.05) is 52.9 Å². The first-order chi connectivity index (χ1) is 13.1. The van der Waals surface area contributed by atoms with E-state index in [4.69, 9.17) is 9.47 Å². The predicted molar refractivity (Wildman–Crippen MR) is 106 cm³/mol. The number of carbonyl (C=O) groups excluding carboxylic acids is 2. The Morgan fingerprint density at radius 2 is 2.19 bits per heavy atom. The van der Waals surface area contributed by atoms with Gasteiger partial charge in [-0.15, -0.1) is 0 Å². The van der Waals surface area contributed by atoms with Gasteiger partial charge in [0.1, 0.15) is 5.75 Å². The molecule has 7 heteroatoms. The number of nitrogens with zero attached hydrogens (tertiary/aromatic N) is 2. The van der Waals surface area contributed by atoms with Crippen molar-refractivity contribution in [1.29, 1.82) is 0 Å². The Balaban J connectivity index is 1.51. The average Bonchev–Trinajstić information content (AvgIpc) is 3.37. The number of rotatable bonds is 7. The van der Waals surface area contributed by atoms with E-state index in [-0.39, 0.29) is 31.1 Å². The van der Waals surface area contributed by atoms with Crippen LogP contribution in [0.25, 0.3) is 0 Å². The first-order valence-electron chi connectivity index (χ1n) is 9.45. The Hall–Kier alpha value is -1.73. The summed E-state index contributed by atoms with van der Waals surface area (Å²) in [6, 6.07) is 8.26. The van der Waals surface area contributed by atoms with E-state index in [2.05, 4.69) is 0 Å². The van der Waals surface area contributed by atoms with Crippen LogP contribution in [0.15, 0.2) is 24.3 Å². The number of hydrogen-bond acceptors (Lipinski definition) is 6. The van der Waals surface area contributed by atoms with Gasteiger partial charge in [-0.2, -0.15) is 11.8 Å². The molecule has 2 heterocycles. The number of methoxy groups -OCH3 is 1. The Labute approximate surface area is 165 Å². The van der Waals surface area contributed by atoms with Gasteiger partial charge in [-0.3, -0.25) is 14.5 Å². The third-order valence-corrected chi connectivity index (χ3v) is 6.46. The fraction of sp³-hybridized carbons (Fsp3) is 0.600. The Kier molecular flexibility index (Phi) is 7.01. The first kappa shape index (κ1) is 20.0. The highest BCUT2D eigenvalue weighted by Gasteiger charge is 2.31. The van der Waals surface area contributed by atoms with Crippen molar-refractivity contribution in [2.75, 3.05) is 45.4 Å². The van der Waals surface area contributed by atoms with E-state index in [1.165, 1.54) is 0 Å². The van der Waals surface area contributed by atoms with Crippen LogP contribution in [0.1, 0.15) is 30.9 Å². The van der Waals surface area contributed by atoms with Crippen LogP contribution >= 0.6 is 11.8 Å². The fourth-order valence-corrected chi connectivity index (χ4v) is 5.03. The molecule has 27 heavy (non-hydrogen) atoms. The number of hydrogen-bond donors (Lipinski definition) is 0. The SMILES string of the molecule is COc1cccc([C@H]2CCCN2C(=O)COC(=O)CN(C)[C@H]2CCSC2)c1. The molecule has 3 rings (SSSR count). The van der Waals surface area contributed by atoms with E-state index in [1.54, 1.807) is 7.11 Å². The minimum Gasteiger partial charge on any atom is -0.497 e. The van der Waals surface area contributed by atoms with Gasteiger partial charge in [0.05, 0.1) is 19.7 Å². The molecule has 2 aliphatic rings. The Morgan fingerprint density at radius 1 is 1.33 bits per heavy atom. The molecule has 0 radical (unpaired) electrons. The van der Waals surface area contributed by atoms with E-state index >= 15 is 0 Å². The van der Waals surface area contributed by atoms with Crippen LogP contribution in [0.3, 0.4) is 0 Å². The van der Waals surface area contributed by atoms with Gasteiger partial charge in [0.25, 0.3) is 5.91 Å². The summed E-state index contributed by atoms with van der Waals surface area (Å²) in [6.07, 6.45) is 2.96. The number of carbonyl (C=O) groups is 2. The molecule has 0 aromatic heterocycles. The molecule has 0 spiro atoms. The van der Waals surface area contributed by atoms with Gasteiger partial charge >= 0.3 is 5.97 Å². The third kappa shape index (κ3) is 5.17. The van der Waals surface area contributed by atoms with Gasteiger partial charge in [0.15, 0.2) is 6.61 Å². The zero-order chi connectivity index (χ0) is 19.2. The van der Waals surface area contributed by atoms with Gasteiger partial charge < -0.3 is 14.4 Å². The second-order valence-corrected chi connectivity index (χ2v) is 8.26. The zero-order valence-electron chi connectivity index (χ0n) is 16.1. The zero-order valence-corrected chi connectivity index (χ0v) is 16.9. The maximum atomic E-state index is 12.6. The van der Waals surface area contributed by atoms with Crippen LogP contribution < -0.4 is 4.74 Å². The lowest BCUT2D eigenvalue weighted by molar-refractivity contribution is -0.153. The summed E-state index contributed by atoms with van der Waals surface area (Å²) in [7, 11) is 3.58. The summed E-state index contributed by atoms with van der Waals surface area (Å²) in [5, 5.41) is 0. The summed E-state index contributed by atoms with van der Waals surface area (Å²) < 4.78 is 10.6. The molecule has 2 aliphatic heterocycles. The number of ether oxygens (including phenoxy) is 2. The Bertz CT molecular complexity index is 663. The highest BCUT2D eigenvalue weighted by molar-refractivity contribution is 7.99. The minimum absolute atomic E-state index is 0.0180. The van der Waals surface area contributed by atoms with Crippen molar-refractivity contribution in [1.82, 2.24) is 9.80 Å². The molecule has 1 aromatic rings. The summed E-state index contributed by atoms with van der Waals surface area (Å²) in [5.41, 5.74) is 1.06. The summed E-state index contributed by atoms with van der Waals surface area (Å²) in [4.78, 5) is 28.6. The van der Waals surface area contributed by atoms with E-state index in [9.17, 15) is 9.59 Å². The second-order valence-electron chi connectivity index (χ2n) is 7.11. The van der Waals surface area contributed by atoms with Crippen LogP contribution in [0.2, 0.25) is 0 Å². The number of likely N-dealkylation sites (N-methyl/N-ethyl adjacent to an activating group) is 1. The molecule has 6 nitrogen and oxygen atoms in total. The second kappa shape index (κ2) is 9.46. The van der Waals surface area contributed by atoms with Crippen molar-refractivity contribution in [3.05, 3.63) is 29.8 Å². The van der Waals surface area contributed by atoms with Crippen molar-refractivity contribution >= 4 is 23.6 Å². The molecule has 1 aromatic carbocycles. The molecule has 2 atom stereocenters. The minimum atomic E-state index is -0.333. The highest BCUT2D eigenvalue weighted by atomic mass is 32.2. The standard InChI is InChI=1S/C20H28N2O4S/c1-21(16-8-10-27-14-16)12-20(24)26-13-19(23)22-9-4-7-18(22)15-5-3-6-17(11-15)25-2/h3,5-6,11,16,18H,4,7-10,12-14H2,1-2H3/t16-,18+/m0/s1. The van der Waals surface area contributed by atoms with Crippen LogP contribution in [-0.2, 0) is 14.3 Å². The number of likely N-dealkylation sites (tertiary alicyclic amines) is 1. The lowest BCUT2D eigenvalue weighted by atomic mass is 10.0. The molecule has 0 unspecified atom stereocenters. The normalized spacial score (nSPS) is 22.3. The van der Waals surface area contributed by atoms with Gasteiger partial charge in [-0.1, -0.05) is 12.1 Å². The van der Waals surface area contributed by atoms with Gasteiger partial charge in [0.2, 0.25) is 0 Å². The number of amides is 1. The van der Waals surface area contributed by atoms with E-state index in [0.717, 1.165) is 42.1 Å². The Morgan fingerprint density at radius 3 is 2.93 bits per heavy atom. The highest BCUT2D eigenvalue weighted by Crippen LogP contribution is 2.33.